The molecule has 1 amide bonds. The van der Waals surface area contributed by atoms with E-state index in [1.165, 1.54) is 0 Å². The van der Waals surface area contributed by atoms with E-state index in [0.29, 0.717) is 25.4 Å². The van der Waals surface area contributed by atoms with Crippen LogP contribution in [0, 0.1) is 6.92 Å². The third kappa shape index (κ3) is 3.16. The van der Waals surface area contributed by atoms with E-state index in [-0.39, 0.29) is 30.3 Å². The number of aliphatic hydroxyl groups excluding tert-OH is 1. The summed E-state index contributed by atoms with van der Waals surface area (Å²) in [5.41, 5.74) is 3.26. The van der Waals surface area contributed by atoms with Gasteiger partial charge in [-0.1, -0.05) is 0 Å². The number of carbonyl (C=O) groups excluding carboxylic acids is 1. The molecule has 1 atom stereocenters. The van der Waals surface area contributed by atoms with Crippen LogP contribution in [0.15, 0.2) is 6.07 Å². The van der Waals surface area contributed by atoms with E-state index in [1.54, 1.807) is 17.9 Å². The Labute approximate surface area is 110 Å². The highest BCUT2D eigenvalue weighted by molar-refractivity contribution is 5.92. The molecule has 0 aliphatic carbocycles. The van der Waals surface area contributed by atoms with Gasteiger partial charge in [0.2, 0.25) is 5.95 Å². The molecule has 1 saturated heterocycles. The number of rotatable bonds is 3. The number of morpholine rings is 1. The lowest BCUT2D eigenvalue weighted by Crippen LogP contribution is -2.47. The topological polar surface area (TPSA) is 114 Å². The second-order valence-electron chi connectivity index (χ2n) is 4.29. The molecule has 104 valence electrons. The number of nitrogens with two attached hydrogens (primary N) is 1. The molecular formula is C11H17N5O3. The van der Waals surface area contributed by atoms with Gasteiger partial charge < -0.3 is 14.7 Å². The maximum atomic E-state index is 12.3. The Hall–Kier alpha value is -1.77. The number of nitrogens with one attached hydrogen (secondary N) is 1. The van der Waals surface area contributed by atoms with E-state index in [1.807, 2.05) is 0 Å². The number of aryl methyl sites for hydroxylation is 1. The Bertz CT molecular complexity index is 468. The molecular weight excluding hydrogens is 250 g/mol. The number of aromatic nitrogens is 2. The number of carbonyl (C=O) groups is 1. The van der Waals surface area contributed by atoms with Gasteiger partial charge in [0.25, 0.3) is 5.91 Å². The van der Waals surface area contributed by atoms with Crippen LogP contribution in [0.4, 0.5) is 5.95 Å². The van der Waals surface area contributed by atoms with E-state index >= 15 is 0 Å². The molecule has 0 bridgehead atoms. The minimum Gasteiger partial charge on any atom is -0.394 e. The molecule has 0 spiro atoms. The molecule has 2 rings (SSSR count). The molecule has 8 heteroatoms. The molecule has 0 aromatic carbocycles. The lowest BCUT2D eigenvalue weighted by molar-refractivity contribution is -0.0448. The predicted molar refractivity (Wildman–Crippen MR) is 67.3 cm³/mol. The van der Waals surface area contributed by atoms with Crippen molar-refractivity contribution in [2.24, 2.45) is 5.84 Å². The first kappa shape index (κ1) is 13.7. The fraction of sp³-hybridized carbons (Fsp3) is 0.545. The minimum atomic E-state index is -0.340. The summed E-state index contributed by atoms with van der Waals surface area (Å²) in [6, 6.07) is 1.60. The molecule has 2 heterocycles. The van der Waals surface area contributed by atoms with E-state index < -0.39 is 0 Å². The van der Waals surface area contributed by atoms with Gasteiger partial charge in [-0.15, -0.1) is 0 Å². The Kier molecular flexibility index (Phi) is 4.25. The SMILES string of the molecule is Cc1cc(C(=O)N2CCOC(CO)C2)nc(NN)n1. The number of ether oxygens (including phenoxy) is 1. The first-order valence-electron chi connectivity index (χ1n) is 5.98. The molecule has 19 heavy (non-hydrogen) atoms. The monoisotopic (exact) mass is 267 g/mol. The maximum Gasteiger partial charge on any atom is 0.272 e. The summed E-state index contributed by atoms with van der Waals surface area (Å²) in [4.78, 5) is 22.0. The van der Waals surface area contributed by atoms with Gasteiger partial charge in [0.05, 0.1) is 19.3 Å². The Morgan fingerprint density at radius 3 is 3.16 bits per heavy atom. The Morgan fingerprint density at radius 1 is 1.68 bits per heavy atom. The minimum absolute atomic E-state index is 0.109. The normalized spacial score (nSPS) is 19.3. The summed E-state index contributed by atoms with van der Waals surface area (Å²) in [5.74, 6) is 5.24. The van der Waals surface area contributed by atoms with Crippen LogP contribution in [0.1, 0.15) is 16.2 Å². The summed E-state index contributed by atoms with van der Waals surface area (Å²) in [6.07, 6.45) is -0.340. The maximum absolute atomic E-state index is 12.3. The van der Waals surface area contributed by atoms with Crippen molar-refractivity contribution in [3.63, 3.8) is 0 Å². The van der Waals surface area contributed by atoms with Gasteiger partial charge in [0.1, 0.15) is 5.69 Å². The standard InChI is InChI=1S/C11H17N5O3/c1-7-4-9(14-11(13-7)15-12)10(18)16-2-3-19-8(5-16)6-17/h4,8,17H,2-3,5-6,12H2,1H3,(H,13,14,15). The van der Waals surface area contributed by atoms with E-state index in [2.05, 4.69) is 15.4 Å². The molecule has 8 nitrogen and oxygen atoms in total. The van der Waals surface area contributed by atoms with Crippen molar-refractivity contribution in [3.8, 4) is 0 Å². The summed E-state index contributed by atoms with van der Waals surface area (Å²) < 4.78 is 5.30. The van der Waals surface area contributed by atoms with Gasteiger partial charge in [0.15, 0.2) is 0 Å². The van der Waals surface area contributed by atoms with Gasteiger partial charge in [-0.2, -0.15) is 0 Å². The molecule has 0 radical (unpaired) electrons. The second-order valence-corrected chi connectivity index (χ2v) is 4.29. The number of hydrogen-bond acceptors (Lipinski definition) is 7. The van der Waals surface area contributed by atoms with Crippen LogP contribution in [0.2, 0.25) is 0 Å². The zero-order chi connectivity index (χ0) is 13.8. The van der Waals surface area contributed by atoms with Crippen LogP contribution in [-0.4, -0.2) is 58.3 Å². The number of hydrogen-bond donors (Lipinski definition) is 3. The number of anilines is 1. The van der Waals surface area contributed by atoms with Crippen molar-refractivity contribution in [1.29, 1.82) is 0 Å². The average Bonchev–Trinajstić information content (AvgIpc) is 2.45. The highest BCUT2D eigenvalue weighted by Crippen LogP contribution is 2.11. The van der Waals surface area contributed by atoms with Crippen LogP contribution < -0.4 is 11.3 Å². The van der Waals surface area contributed by atoms with Crippen molar-refractivity contribution >= 4 is 11.9 Å². The lowest BCUT2D eigenvalue weighted by Gasteiger charge is -2.31. The summed E-state index contributed by atoms with van der Waals surface area (Å²) in [6.45, 7) is 2.88. The third-order valence-electron chi connectivity index (χ3n) is 2.83. The quantitative estimate of drug-likeness (QED) is 0.470. The molecule has 0 saturated carbocycles. The van der Waals surface area contributed by atoms with Crippen molar-refractivity contribution in [1.82, 2.24) is 14.9 Å². The Balaban J connectivity index is 2.16. The number of aliphatic hydroxyl groups is 1. The molecule has 1 unspecified atom stereocenters. The van der Waals surface area contributed by atoms with Crippen LogP contribution in [0.5, 0.6) is 0 Å². The Morgan fingerprint density at radius 2 is 2.47 bits per heavy atom. The fourth-order valence-electron chi connectivity index (χ4n) is 1.92. The number of nitrogen functional groups attached to an aromatic ring is 1. The predicted octanol–water partition coefficient (Wildman–Crippen LogP) is -1.10. The van der Waals surface area contributed by atoms with Crippen molar-refractivity contribution in [2.75, 3.05) is 31.7 Å². The van der Waals surface area contributed by atoms with Gasteiger partial charge in [0, 0.05) is 18.8 Å². The van der Waals surface area contributed by atoms with Crippen molar-refractivity contribution in [2.45, 2.75) is 13.0 Å². The lowest BCUT2D eigenvalue weighted by atomic mass is 10.2. The number of nitrogens with zero attached hydrogens (tertiary/aromatic N) is 3. The van der Waals surface area contributed by atoms with Crippen molar-refractivity contribution < 1.29 is 14.6 Å². The van der Waals surface area contributed by atoms with Gasteiger partial charge in [-0.05, 0) is 13.0 Å². The fourth-order valence-corrected chi connectivity index (χ4v) is 1.92. The second kappa shape index (κ2) is 5.91. The van der Waals surface area contributed by atoms with Crippen LogP contribution in [-0.2, 0) is 4.74 Å². The molecule has 1 aliphatic heterocycles. The average molecular weight is 267 g/mol. The van der Waals surface area contributed by atoms with E-state index in [0.717, 1.165) is 0 Å². The van der Waals surface area contributed by atoms with Crippen LogP contribution in [0.3, 0.4) is 0 Å². The first-order valence-corrected chi connectivity index (χ1v) is 5.98. The molecule has 4 N–H and O–H groups in total. The van der Waals surface area contributed by atoms with Crippen LogP contribution >= 0.6 is 0 Å². The highest BCUT2D eigenvalue weighted by Gasteiger charge is 2.25. The largest absolute Gasteiger partial charge is 0.394 e. The first-order chi connectivity index (χ1) is 9.13. The molecule has 1 aromatic heterocycles. The highest BCUT2D eigenvalue weighted by atomic mass is 16.5. The van der Waals surface area contributed by atoms with Gasteiger partial charge >= 0.3 is 0 Å². The molecule has 1 aliphatic rings. The summed E-state index contributed by atoms with van der Waals surface area (Å²) >= 11 is 0. The smallest absolute Gasteiger partial charge is 0.272 e. The zero-order valence-corrected chi connectivity index (χ0v) is 10.7. The van der Waals surface area contributed by atoms with E-state index in [4.69, 9.17) is 15.7 Å². The summed E-state index contributed by atoms with van der Waals surface area (Å²) in [5, 5.41) is 9.07. The summed E-state index contributed by atoms with van der Waals surface area (Å²) in [7, 11) is 0. The molecule has 1 fully saturated rings. The number of hydrazine groups is 1. The third-order valence-corrected chi connectivity index (χ3v) is 2.83. The van der Waals surface area contributed by atoms with E-state index in [9.17, 15) is 4.79 Å². The van der Waals surface area contributed by atoms with Gasteiger partial charge in [-0.3, -0.25) is 10.2 Å². The van der Waals surface area contributed by atoms with Crippen LogP contribution in [0.25, 0.3) is 0 Å². The number of amides is 1. The van der Waals surface area contributed by atoms with Crippen molar-refractivity contribution in [3.05, 3.63) is 17.5 Å². The molecule has 1 aromatic rings. The zero-order valence-electron chi connectivity index (χ0n) is 10.7. The van der Waals surface area contributed by atoms with Gasteiger partial charge in [-0.25, -0.2) is 15.8 Å².